The molecule has 0 fully saturated rings. The second kappa shape index (κ2) is 5.77. The summed E-state index contributed by atoms with van der Waals surface area (Å²) in [6, 6.07) is 6.15. The van der Waals surface area contributed by atoms with Gasteiger partial charge in [0.25, 0.3) is 0 Å². The summed E-state index contributed by atoms with van der Waals surface area (Å²) in [5.41, 5.74) is 0. The fourth-order valence-corrected chi connectivity index (χ4v) is 1.56. The molecule has 0 saturated carbocycles. The molecule has 0 aliphatic rings. The van der Waals surface area contributed by atoms with Gasteiger partial charge in [-0.15, -0.1) is 0 Å². The molecule has 1 aromatic carbocycles. The molecular weight excluding hydrogens is 235 g/mol. The Balaban J connectivity index is 0. The molecule has 0 radical (unpaired) electrons. The van der Waals surface area contributed by atoms with Crippen molar-refractivity contribution in [2.24, 2.45) is 0 Å². The maximum absolute atomic E-state index is 10.9. The van der Waals surface area contributed by atoms with Crippen LogP contribution in [0.5, 0.6) is 5.75 Å². The topological polar surface area (TPSA) is 46.5 Å². The Hall–Kier alpha value is 0.986. The smallest absolute Gasteiger partial charge is 1.00 e. The second-order valence-electron chi connectivity index (χ2n) is 2.15. The molecule has 1 unspecified atom stereocenters. The fraction of sp³-hybridized carbons (Fsp3) is 0.143. The minimum absolute atomic E-state index is 0. The van der Waals surface area contributed by atoms with Gasteiger partial charge in [-0.3, -0.25) is 0 Å². The number of hydrogen-bond donors (Lipinski definition) is 1. The first kappa shape index (κ1) is 14.0. The van der Waals surface area contributed by atoms with Crippen LogP contribution in [-0.4, -0.2) is 15.9 Å². The third-order valence-corrected chi connectivity index (χ3v) is 2.80. The summed E-state index contributed by atoms with van der Waals surface area (Å²) >= 11 is 4.37. The Morgan fingerprint density at radius 3 is 2.23 bits per heavy atom. The van der Waals surface area contributed by atoms with Crippen LogP contribution in [0.1, 0.15) is 1.43 Å². The molecule has 1 rings (SSSR count). The average Bonchev–Trinajstić information content (AvgIpc) is 2.03. The Kier molecular flexibility index (Phi) is 6.20. The van der Waals surface area contributed by atoms with Gasteiger partial charge in [0.05, 0.1) is 12.0 Å². The van der Waals surface area contributed by atoms with Crippen molar-refractivity contribution in [2.75, 3.05) is 7.11 Å². The zero-order valence-corrected chi connectivity index (χ0v) is 12.1. The summed E-state index contributed by atoms with van der Waals surface area (Å²) in [4.78, 5) is 0.235. The number of ether oxygens (including phenoxy) is 1. The van der Waals surface area contributed by atoms with Crippen molar-refractivity contribution in [3.8, 4) is 5.75 Å². The molecule has 6 heteroatoms. The van der Waals surface area contributed by atoms with Crippen molar-refractivity contribution in [1.82, 2.24) is 0 Å². The maximum Gasteiger partial charge on any atom is 1.00 e. The summed E-state index contributed by atoms with van der Waals surface area (Å²) in [7, 11) is -1.72. The van der Waals surface area contributed by atoms with E-state index in [2.05, 4.69) is 11.2 Å². The first-order valence-corrected chi connectivity index (χ1v) is 5.59. The van der Waals surface area contributed by atoms with Crippen molar-refractivity contribution in [3.63, 3.8) is 0 Å². The first-order chi connectivity index (χ1) is 5.54. The molecule has 1 aromatic rings. The van der Waals surface area contributed by atoms with Crippen LogP contribution in [0.4, 0.5) is 0 Å². The molecule has 0 aromatic heterocycles. The van der Waals surface area contributed by atoms with Gasteiger partial charge < -0.3 is 10.7 Å². The summed E-state index contributed by atoms with van der Waals surface area (Å²) < 4.78 is 24.7. The number of methoxy groups -OCH3 is 1. The molecule has 13 heavy (non-hydrogen) atoms. The molecule has 0 bridgehead atoms. The molecule has 1 atom stereocenters. The molecule has 0 heterocycles. The Bertz CT molecular complexity index is 363. The van der Waals surface area contributed by atoms with Gasteiger partial charge in [-0.2, -0.15) is 0 Å². The Morgan fingerprint density at radius 1 is 1.46 bits per heavy atom. The third kappa shape index (κ3) is 4.35. The zero-order valence-electron chi connectivity index (χ0n) is 8.39. The van der Waals surface area contributed by atoms with Gasteiger partial charge in [0, 0.05) is 11.2 Å². The fourth-order valence-electron chi connectivity index (χ4n) is 0.748. The van der Waals surface area contributed by atoms with Gasteiger partial charge in [-0.1, -0.05) is 0 Å². The van der Waals surface area contributed by atoms with E-state index in [-0.39, 0.29) is 57.7 Å². The van der Waals surface area contributed by atoms with E-state index in [9.17, 15) is 4.21 Å². The van der Waals surface area contributed by atoms with E-state index < -0.39 is 8.77 Å². The van der Waals surface area contributed by atoms with Gasteiger partial charge in [-0.05, 0) is 24.3 Å². The molecule has 0 saturated heterocycles. The normalized spacial score (nSPS) is 14.0. The predicted octanol–water partition coefficient (Wildman–Crippen LogP) is -1.61. The van der Waals surface area contributed by atoms with E-state index >= 15 is 0 Å². The van der Waals surface area contributed by atoms with E-state index in [1.165, 1.54) is 19.2 Å². The monoisotopic (exact) mass is 244 g/mol. The third-order valence-electron chi connectivity index (χ3n) is 1.36. The predicted molar refractivity (Wildman–Crippen MR) is 50.5 cm³/mol. The van der Waals surface area contributed by atoms with Crippen molar-refractivity contribution in [2.45, 2.75) is 4.90 Å². The zero-order chi connectivity index (χ0) is 9.19. The van der Waals surface area contributed by atoms with E-state index in [0.29, 0.717) is 5.75 Å². The van der Waals surface area contributed by atoms with E-state index in [1.54, 1.807) is 12.1 Å². The quantitative estimate of drug-likeness (QED) is 0.636. The van der Waals surface area contributed by atoms with Crippen molar-refractivity contribution in [3.05, 3.63) is 24.3 Å². The molecule has 0 aliphatic carbocycles. The van der Waals surface area contributed by atoms with Gasteiger partial charge in [-0.25, -0.2) is 4.21 Å². The van der Waals surface area contributed by atoms with Crippen molar-refractivity contribution in [1.29, 1.82) is 0 Å². The summed E-state index contributed by atoms with van der Waals surface area (Å²) in [6.07, 6.45) is 0. The van der Waals surface area contributed by atoms with Crippen LogP contribution < -0.4 is 56.1 Å². The first-order valence-electron chi connectivity index (χ1n) is 3.15. The van der Waals surface area contributed by atoms with Crippen LogP contribution in [0.25, 0.3) is 0 Å². The van der Waals surface area contributed by atoms with Crippen LogP contribution in [-0.2, 0) is 20.0 Å². The minimum Gasteiger partial charge on any atom is -1.00 e. The van der Waals surface area contributed by atoms with Crippen molar-refractivity contribution < 1.29 is 66.3 Å². The molecule has 0 aliphatic heterocycles. The Morgan fingerprint density at radius 2 is 1.92 bits per heavy atom. The SMILES string of the molecule is COc1ccc(S(=O)(O)=S)cc1.[H-].[K+]. The van der Waals surface area contributed by atoms with E-state index in [1.807, 2.05) is 0 Å². The number of benzene rings is 1. The average molecular weight is 244 g/mol. The van der Waals surface area contributed by atoms with Crippen LogP contribution in [0.15, 0.2) is 29.2 Å². The second-order valence-corrected chi connectivity index (χ2v) is 4.93. The van der Waals surface area contributed by atoms with E-state index in [0.717, 1.165) is 0 Å². The number of rotatable bonds is 2. The molecular formula is C7H9KO3S2. The summed E-state index contributed by atoms with van der Waals surface area (Å²) in [5.74, 6) is 0.636. The van der Waals surface area contributed by atoms with Gasteiger partial charge in [0.15, 0.2) is 8.77 Å². The largest absolute Gasteiger partial charge is 1.00 e. The maximum atomic E-state index is 10.9. The van der Waals surface area contributed by atoms with E-state index in [4.69, 9.17) is 9.29 Å². The van der Waals surface area contributed by atoms with Gasteiger partial charge >= 0.3 is 51.4 Å². The minimum atomic E-state index is -3.25. The van der Waals surface area contributed by atoms with Crippen LogP contribution in [0.2, 0.25) is 0 Å². The molecule has 0 spiro atoms. The van der Waals surface area contributed by atoms with Gasteiger partial charge in [0.1, 0.15) is 5.75 Å². The molecule has 3 nitrogen and oxygen atoms in total. The van der Waals surface area contributed by atoms with Crippen LogP contribution >= 0.6 is 0 Å². The Labute approximate surface area is 126 Å². The van der Waals surface area contributed by atoms with Crippen LogP contribution in [0, 0.1) is 0 Å². The summed E-state index contributed by atoms with van der Waals surface area (Å²) in [6.45, 7) is 0. The molecule has 0 amide bonds. The summed E-state index contributed by atoms with van der Waals surface area (Å²) in [5, 5.41) is 0. The van der Waals surface area contributed by atoms with Gasteiger partial charge in [0.2, 0.25) is 0 Å². The molecule has 68 valence electrons. The number of hydrogen-bond acceptors (Lipinski definition) is 3. The standard InChI is InChI=1S/C7H8O3S2.K.H/c1-10-6-2-4-7(5-3-6)12(8,9)11;;/h2-5H,1H3,(H,8,9,11);;/q;+1;-1. The van der Waals surface area contributed by atoms with Crippen molar-refractivity contribution >= 4 is 20.0 Å². The van der Waals surface area contributed by atoms with Crippen LogP contribution in [0.3, 0.4) is 0 Å². The molecule has 1 N–H and O–H groups in total.